The first-order valence-corrected chi connectivity index (χ1v) is 6.81. The summed E-state index contributed by atoms with van der Waals surface area (Å²) in [7, 11) is 0. The van der Waals surface area contributed by atoms with Crippen LogP contribution in [0.4, 0.5) is 0 Å². The second-order valence-corrected chi connectivity index (χ2v) is 5.71. The van der Waals surface area contributed by atoms with Crippen LogP contribution in [0.25, 0.3) is 10.9 Å². The molecule has 1 saturated carbocycles. The molecule has 0 amide bonds. The van der Waals surface area contributed by atoms with Gasteiger partial charge in [0.25, 0.3) is 0 Å². The number of aromatic nitrogens is 1. The molecule has 1 fully saturated rings. The average molecular weight is 227 g/mol. The summed E-state index contributed by atoms with van der Waals surface area (Å²) in [6.07, 6.45) is 7.78. The Morgan fingerprint density at radius 2 is 2.06 bits per heavy atom. The van der Waals surface area contributed by atoms with Gasteiger partial charge in [-0.15, -0.1) is 0 Å². The minimum Gasteiger partial charge on any atom is -0.344 e. The zero-order chi connectivity index (χ0) is 11.8. The zero-order valence-corrected chi connectivity index (χ0v) is 10.8. The summed E-state index contributed by atoms with van der Waals surface area (Å²) >= 11 is 0. The second-order valence-electron chi connectivity index (χ2n) is 5.71. The highest BCUT2D eigenvalue weighted by Gasteiger charge is 2.20. The number of benzene rings is 1. The minimum atomic E-state index is 0.721. The van der Waals surface area contributed by atoms with Crippen LogP contribution in [-0.4, -0.2) is 4.57 Å². The molecule has 0 radical (unpaired) electrons. The summed E-state index contributed by atoms with van der Waals surface area (Å²) in [6, 6.07) is 9.79. The Kier molecular flexibility index (Phi) is 2.70. The summed E-state index contributed by atoms with van der Waals surface area (Å²) in [6.45, 7) is 4.56. The number of aryl methyl sites for hydroxylation is 1. The lowest BCUT2D eigenvalue weighted by Crippen LogP contribution is -2.16. The van der Waals surface area contributed by atoms with Crippen LogP contribution in [0.1, 0.15) is 44.2 Å². The molecule has 0 N–H and O–H groups in total. The summed E-state index contributed by atoms with van der Waals surface area (Å²) in [5.41, 5.74) is 2.77. The van der Waals surface area contributed by atoms with Crippen LogP contribution in [0.15, 0.2) is 30.5 Å². The van der Waals surface area contributed by atoms with Gasteiger partial charge in [0.15, 0.2) is 0 Å². The lowest BCUT2D eigenvalue weighted by Gasteiger charge is -2.28. The lowest BCUT2D eigenvalue weighted by atomic mass is 9.87. The highest BCUT2D eigenvalue weighted by molar-refractivity contribution is 5.81. The predicted octanol–water partition coefficient (Wildman–Crippen LogP) is 4.70. The minimum absolute atomic E-state index is 0.721. The van der Waals surface area contributed by atoms with Crippen molar-refractivity contribution in [1.82, 2.24) is 4.57 Å². The quantitative estimate of drug-likeness (QED) is 0.665. The van der Waals surface area contributed by atoms with Crippen LogP contribution in [0.3, 0.4) is 0 Å². The van der Waals surface area contributed by atoms with E-state index in [1.807, 2.05) is 0 Å². The maximum atomic E-state index is 2.50. The lowest BCUT2D eigenvalue weighted by molar-refractivity contribution is 0.287. The molecule has 1 aliphatic rings. The third kappa shape index (κ3) is 1.99. The Bertz CT molecular complexity index is 523. The first-order chi connectivity index (χ1) is 8.24. The van der Waals surface area contributed by atoms with Crippen molar-refractivity contribution in [3.8, 4) is 0 Å². The second kappa shape index (κ2) is 4.21. The van der Waals surface area contributed by atoms with Gasteiger partial charge >= 0.3 is 0 Å². The monoisotopic (exact) mass is 227 g/mol. The van der Waals surface area contributed by atoms with Crippen LogP contribution in [0, 0.1) is 12.8 Å². The van der Waals surface area contributed by atoms with E-state index in [2.05, 4.69) is 48.9 Å². The maximum Gasteiger partial charge on any atom is 0.0483 e. The van der Waals surface area contributed by atoms with Crippen LogP contribution in [0.5, 0.6) is 0 Å². The normalized spacial score (nSPS) is 25.3. The van der Waals surface area contributed by atoms with Gasteiger partial charge in [-0.25, -0.2) is 0 Å². The highest BCUT2D eigenvalue weighted by Crippen LogP contribution is 2.34. The fraction of sp³-hybridized carbons (Fsp3) is 0.500. The molecule has 90 valence electrons. The third-order valence-electron chi connectivity index (χ3n) is 4.18. The molecule has 2 unspecified atom stereocenters. The Balaban J connectivity index is 1.99. The molecule has 0 aliphatic heterocycles. The van der Waals surface area contributed by atoms with Gasteiger partial charge in [0.2, 0.25) is 0 Å². The molecule has 1 heterocycles. The van der Waals surface area contributed by atoms with E-state index in [4.69, 9.17) is 0 Å². The molecule has 3 rings (SSSR count). The van der Waals surface area contributed by atoms with E-state index in [1.54, 1.807) is 0 Å². The number of nitrogens with zero attached hydrogens (tertiary/aromatic N) is 1. The molecule has 1 aromatic carbocycles. The SMILES string of the molecule is Cc1ccc2c(ccn2C2CCCC(C)C2)c1. The number of rotatable bonds is 1. The molecule has 2 aromatic rings. The molecule has 1 aliphatic carbocycles. The van der Waals surface area contributed by atoms with E-state index in [0.717, 1.165) is 12.0 Å². The fourth-order valence-corrected chi connectivity index (χ4v) is 3.26. The van der Waals surface area contributed by atoms with Gasteiger partial charge in [-0.2, -0.15) is 0 Å². The Labute approximate surface area is 103 Å². The van der Waals surface area contributed by atoms with E-state index >= 15 is 0 Å². The van der Waals surface area contributed by atoms with Crippen molar-refractivity contribution in [2.45, 2.75) is 45.6 Å². The smallest absolute Gasteiger partial charge is 0.0483 e. The largest absolute Gasteiger partial charge is 0.344 e. The van der Waals surface area contributed by atoms with Gasteiger partial charge in [0, 0.05) is 17.8 Å². The van der Waals surface area contributed by atoms with E-state index in [9.17, 15) is 0 Å². The molecule has 0 bridgehead atoms. The molecule has 1 aromatic heterocycles. The third-order valence-corrected chi connectivity index (χ3v) is 4.18. The molecule has 0 spiro atoms. The van der Waals surface area contributed by atoms with Crippen LogP contribution >= 0.6 is 0 Å². The molecule has 17 heavy (non-hydrogen) atoms. The Morgan fingerprint density at radius 1 is 1.18 bits per heavy atom. The molecular formula is C16H21N. The maximum absolute atomic E-state index is 2.50. The van der Waals surface area contributed by atoms with Crippen molar-refractivity contribution in [2.75, 3.05) is 0 Å². The number of hydrogen-bond donors (Lipinski definition) is 0. The Morgan fingerprint density at radius 3 is 2.88 bits per heavy atom. The molecule has 1 nitrogen and oxygen atoms in total. The number of fused-ring (bicyclic) bond motifs is 1. The summed E-state index contributed by atoms with van der Waals surface area (Å²) in [5.74, 6) is 0.886. The predicted molar refractivity (Wildman–Crippen MR) is 73.3 cm³/mol. The van der Waals surface area contributed by atoms with Gasteiger partial charge in [0.1, 0.15) is 0 Å². The van der Waals surface area contributed by atoms with Gasteiger partial charge in [0.05, 0.1) is 0 Å². The summed E-state index contributed by atoms with van der Waals surface area (Å²) < 4.78 is 2.50. The molecule has 0 saturated heterocycles. The van der Waals surface area contributed by atoms with Gasteiger partial charge in [-0.3, -0.25) is 0 Å². The van der Waals surface area contributed by atoms with E-state index in [0.29, 0.717) is 0 Å². The molecule has 2 atom stereocenters. The van der Waals surface area contributed by atoms with E-state index in [-0.39, 0.29) is 0 Å². The first-order valence-electron chi connectivity index (χ1n) is 6.81. The molecular weight excluding hydrogens is 206 g/mol. The fourth-order valence-electron chi connectivity index (χ4n) is 3.26. The van der Waals surface area contributed by atoms with Crippen molar-refractivity contribution in [3.05, 3.63) is 36.0 Å². The number of hydrogen-bond acceptors (Lipinski definition) is 0. The van der Waals surface area contributed by atoms with Crippen molar-refractivity contribution in [2.24, 2.45) is 5.92 Å². The van der Waals surface area contributed by atoms with Gasteiger partial charge in [-0.05, 0) is 49.3 Å². The van der Waals surface area contributed by atoms with Crippen molar-refractivity contribution in [1.29, 1.82) is 0 Å². The van der Waals surface area contributed by atoms with Crippen molar-refractivity contribution < 1.29 is 0 Å². The molecule has 1 heteroatoms. The zero-order valence-electron chi connectivity index (χ0n) is 10.8. The van der Waals surface area contributed by atoms with Gasteiger partial charge < -0.3 is 4.57 Å². The van der Waals surface area contributed by atoms with Crippen molar-refractivity contribution in [3.63, 3.8) is 0 Å². The standard InChI is InChI=1S/C16H21N/c1-12-4-3-5-15(11-12)17-9-8-14-10-13(2)6-7-16(14)17/h6-10,12,15H,3-5,11H2,1-2H3. The average Bonchev–Trinajstić information content (AvgIpc) is 2.71. The van der Waals surface area contributed by atoms with E-state index < -0.39 is 0 Å². The van der Waals surface area contributed by atoms with E-state index in [1.165, 1.54) is 42.1 Å². The van der Waals surface area contributed by atoms with Crippen LogP contribution in [-0.2, 0) is 0 Å². The Hall–Kier alpha value is -1.24. The first kappa shape index (κ1) is 10.9. The van der Waals surface area contributed by atoms with Crippen molar-refractivity contribution >= 4 is 10.9 Å². The summed E-state index contributed by atoms with van der Waals surface area (Å²) in [4.78, 5) is 0. The van der Waals surface area contributed by atoms with Gasteiger partial charge in [-0.1, -0.05) is 31.4 Å². The summed E-state index contributed by atoms with van der Waals surface area (Å²) in [5, 5.41) is 1.39. The van der Waals surface area contributed by atoms with Crippen LogP contribution < -0.4 is 0 Å². The highest BCUT2D eigenvalue weighted by atomic mass is 15.0. The van der Waals surface area contributed by atoms with Crippen LogP contribution in [0.2, 0.25) is 0 Å². The topological polar surface area (TPSA) is 4.93 Å².